The third-order valence-electron chi connectivity index (χ3n) is 3.12. The molecule has 1 atom stereocenters. The second-order valence-electron chi connectivity index (χ2n) is 4.52. The first-order valence-electron chi connectivity index (χ1n) is 5.75. The molecule has 0 spiro atoms. The molecule has 1 aromatic heterocycles. The lowest BCUT2D eigenvalue weighted by Gasteiger charge is -2.14. The molecule has 88 valence electrons. The largest absolute Gasteiger partial charge is 0.357 e. The van der Waals surface area contributed by atoms with Crippen molar-refractivity contribution in [2.45, 2.75) is 25.9 Å². The van der Waals surface area contributed by atoms with E-state index in [1.165, 1.54) is 5.56 Å². The molecule has 2 heterocycles. The van der Waals surface area contributed by atoms with Crippen LogP contribution in [0, 0.1) is 0 Å². The van der Waals surface area contributed by atoms with E-state index < -0.39 is 0 Å². The molecule has 1 aliphatic rings. The number of carbonyl (C=O) groups is 1. The zero-order valence-electron chi connectivity index (χ0n) is 9.94. The zero-order valence-corrected chi connectivity index (χ0v) is 9.94. The van der Waals surface area contributed by atoms with Crippen LogP contribution in [-0.4, -0.2) is 34.5 Å². The molecule has 1 unspecified atom stereocenters. The van der Waals surface area contributed by atoms with Gasteiger partial charge in [-0.15, -0.1) is 0 Å². The van der Waals surface area contributed by atoms with Crippen LogP contribution in [0.25, 0.3) is 0 Å². The van der Waals surface area contributed by atoms with Crippen molar-refractivity contribution in [3.63, 3.8) is 0 Å². The topological polar surface area (TPSA) is 37.3 Å². The maximum Gasteiger partial charge on any atom is 0.219 e. The highest BCUT2D eigenvalue weighted by molar-refractivity contribution is 5.73. The third kappa shape index (κ3) is 2.64. The maximum absolute atomic E-state index is 11.2. The zero-order chi connectivity index (χ0) is 11.5. The SMILES string of the molecule is CC(=O)N1CCC(NCc2ccn(C)c2)C1. The van der Waals surface area contributed by atoms with Crippen molar-refractivity contribution in [3.05, 3.63) is 24.0 Å². The summed E-state index contributed by atoms with van der Waals surface area (Å²) in [5.41, 5.74) is 1.30. The minimum Gasteiger partial charge on any atom is -0.357 e. The smallest absolute Gasteiger partial charge is 0.219 e. The molecular weight excluding hydrogens is 202 g/mol. The fourth-order valence-corrected chi connectivity index (χ4v) is 2.14. The third-order valence-corrected chi connectivity index (χ3v) is 3.12. The molecule has 1 saturated heterocycles. The van der Waals surface area contributed by atoms with Crippen molar-refractivity contribution < 1.29 is 4.79 Å². The van der Waals surface area contributed by atoms with Crippen molar-refractivity contribution in [2.24, 2.45) is 7.05 Å². The van der Waals surface area contributed by atoms with Gasteiger partial charge in [0, 0.05) is 52.0 Å². The van der Waals surface area contributed by atoms with E-state index in [2.05, 4.69) is 17.6 Å². The minimum absolute atomic E-state index is 0.184. The molecule has 2 rings (SSSR count). The molecular formula is C12H19N3O. The summed E-state index contributed by atoms with van der Waals surface area (Å²) in [6, 6.07) is 2.56. The molecule has 1 amide bonds. The molecule has 0 aromatic carbocycles. The van der Waals surface area contributed by atoms with Crippen molar-refractivity contribution in [1.29, 1.82) is 0 Å². The van der Waals surface area contributed by atoms with Crippen LogP contribution < -0.4 is 5.32 Å². The minimum atomic E-state index is 0.184. The van der Waals surface area contributed by atoms with Gasteiger partial charge in [-0.3, -0.25) is 4.79 Å². The monoisotopic (exact) mass is 221 g/mol. The van der Waals surface area contributed by atoms with Crippen molar-refractivity contribution in [3.8, 4) is 0 Å². The molecule has 16 heavy (non-hydrogen) atoms. The summed E-state index contributed by atoms with van der Waals surface area (Å²) in [4.78, 5) is 13.1. The Labute approximate surface area is 96.2 Å². The van der Waals surface area contributed by atoms with Gasteiger partial charge in [0.05, 0.1) is 0 Å². The van der Waals surface area contributed by atoms with E-state index in [1.807, 2.05) is 22.7 Å². The fourth-order valence-electron chi connectivity index (χ4n) is 2.14. The molecule has 1 aromatic rings. The Morgan fingerprint density at radius 2 is 2.44 bits per heavy atom. The number of aryl methyl sites for hydroxylation is 1. The van der Waals surface area contributed by atoms with Crippen molar-refractivity contribution >= 4 is 5.91 Å². The number of likely N-dealkylation sites (tertiary alicyclic amines) is 1. The van der Waals surface area contributed by atoms with E-state index in [9.17, 15) is 4.79 Å². The molecule has 0 aliphatic carbocycles. The lowest BCUT2D eigenvalue weighted by atomic mass is 10.2. The highest BCUT2D eigenvalue weighted by atomic mass is 16.2. The van der Waals surface area contributed by atoms with Crippen LogP contribution in [0.1, 0.15) is 18.9 Å². The molecule has 4 nitrogen and oxygen atoms in total. The normalized spacial score (nSPS) is 20.4. The molecule has 4 heteroatoms. The Hall–Kier alpha value is -1.29. The number of aromatic nitrogens is 1. The van der Waals surface area contributed by atoms with Gasteiger partial charge in [0.1, 0.15) is 0 Å². The van der Waals surface area contributed by atoms with Crippen LogP contribution in [0.4, 0.5) is 0 Å². The van der Waals surface area contributed by atoms with Crippen LogP contribution >= 0.6 is 0 Å². The predicted molar refractivity (Wildman–Crippen MR) is 62.9 cm³/mol. The molecule has 1 N–H and O–H groups in total. The second-order valence-corrected chi connectivity index (χ2v) is 4.52. The Kier molecular flexibility index (Phi) is 3.29. The quantitative estimate of drug-likeness (QED) is 0.817. The fraction of sp³-hybridized carbons (Fsp3) is 0.583. The number of nitrogens with one attached hydrogen (secondary N) is 1. The molecule has 0 radical (unpaired) electrons. The van der Waals surface area contributed by atoms with Crippen molar-refractivity contribution in [2.75, 3.05) is 13.1 Å². The summed E-state index contributed by atoms with van der Waals surface area (Å²) in [5, 5.41) is 3.49. The van der Waals surface area contributed by atoms with Crippen LogP contribution in [0.5, 0.6) is 0 Å². The number of carbonyl (C=O) groups excluding carboxylic acids is 1. The molecule has 1 fully saturated rings. The van der Waals surface area contributed by atoms with Crippen LogP contribution in [0.15, 0.2) is 18.5 Å². The van der Waals surface area contributed by atoms with E-state index in [0.29, 0.717) is 6.04 Å². The van der Waals surface area contributed by atoms with Crippen LogP contribution in [0.3, 0.4) is 0 Å². The average molecular weight is 221 g/mol. The summed E-state index contributed by atoms with van der Waals surface area (Å²) in [6.07, 6.45) is 5.23. The highest BCUT2D eigenvalue weighted by Crippen LogP contribution is 2.10. The Morgan fingerprint density at radius 1 is 1.62 bits per heavy atom. The maximum atomic E-state index is 11.2. The Bertz CT molecular complexity index is 372. The summed E-state index contributed by atoms with van der Waals surface area (Å²) in [5.74, 6) is 0.184. The first-order chi connectivity index (χ1) is 7.65. The number of nitrogens with zero attached hydrogens (tertiary/aromatic N) is 2. The summed E-state index contributed by atoms with van der Waals surface area (Å²) >= 11 is 0. The lowest BCUT2D eigenvalue weighted by molar-refractivity contribution is -0.127. The summed E-state index contributed by atoms with van der Waals surface area (Å²) < 4.78 is 2.05. The van der Waals surface area contributed by atoms with Gasteiger partial charge < -0.3 is 14.8 Å². The average Bonchev–Trinajstić information content (AvgIpc) is 2.83. The van der Waals surface area contributed by atoms with E-state index in [1.54, 1.807) is 6.92 Å². The standard InChI is InChI=1S/C12H19N3O/c1-10(16)15-6-4-12(9-15)13-7-11-3-5-14(2)8-11/h3,5,8,12-13H,4,6-7,9H2,1-2H3. The van der Waals surface area contributed by atoms with Crippen LogP contribution in [0.2, 0.25) is 0 Å². The number of hydrogen-bond donors (Lipinski definition) is 1. The first-order valence-corrected chi connectivity index (χ1v) is 5.75. The predicted octanol–water partition coefficient (Wildman–Crippen LogP) is 0.735. The van der Waals surface area contributed by atoms with Gasteiger partial charge in [-0.05, 0) is 18.1 Å². The van der Waals surface area contributed by atoms with E-state index >= 15 is 0 Å². The van der Waals surface area contributed by atoms with Gasteiger partial charge in [-0.2, -0.15) is 0 Å². The van der Waals surface area contributed by atoms with Gasteiger partial charge in [-0.1, -0.05) is 0 Å². The molecule has 0 bridgehead atoms. The van der Waals surface area contributed by atoms with E-state index in [0.717, 1.165) is 26.1 Å². The first kappa shape index (κ1) is 11.2. The van der Waals surface area contributed by atoms with Gasteiger partial charge in [0.2, 0.25) is 5.91 Å². The van der Waals surface area contributed by atoms with E-state index in [-0.39, 0.29) is 5.91 Å². The highest BCUT2D eigenvalue weighted by Gasteiger charge is 2.23. The number of rotatable bonds is 3. The van der Waals surface area contributed by atoms with Gasteiger partial charge >= 0.3 is 0 Å². The summed E-state index contributed by atoms with van der Waals surface area (Å²) in [7, 11) is 2.02. The van der Waals surface area contributed by atoms with Gasteiger partial charge in [0.25, 0.3) is 0 Å². The van der Waals surface area contributed by atoms with Gasteiger partial charge in [0.15, 0.2) is 0 Å². The number of hydrogen-bond acceptors (Lipinski definition) is 2. The van der Waals surface area contributed by atoms with Crippen LogP contribution in [-0.2, 0) is 18.4 Å². The van der Waals surface area contributed by atoms with E-state index in [4.69, 9.17) is 0 Å². The second kappa shape index (κ2) is 4.70. The molecule has 0 saturated carbocycles. The van der Waals surface area contributed by atoms with Gasteiger partial charge in [-0.25, -0.2) is 0 Å². The number of amides is 1. The lowest BCUT2D eigenvalue weighted by Crippen LogP contribution is -2.33. The van der Waals surface area contributed by atoms with Crippen molar-refractivity contribution in [1.82, 2.24) is 14.8 Å². The molecule has 1 aliphatic heterocycles. The Morgan fingerprint density at radius 3 is 3.00 bits per heavy atom. The summed E-state index contributed by atoms with van der Waals surface area (Å²) in [6.45, 7) is 4.26. The Balaban J connectivity index is 1.77.